The molecule has 0 amide bonds. The Morgan fingerprint density at radius 3 is 2.57 bits per heavy atom. The van der Waals surface area contributed by atoms with E-state index in [1.807, 2.05) is 20.9 Å². The zero-order chi connectivity index (χ0) is 15.7. The molecule has 4 nitrogen and oxygen atoms in total. The molecule has 1 heterocycles. The van der Waals surface area contributed by atoms with Crippen molar-refractivity contribution < 1.29 is 5.11 Å². The lowest BCUT2D eigenvalue weighted by Crippen LogP contribution is -2.27. The van der Waals surface area contributed by atoms with Crippen molar-refractivity contribution in [1.82, 2.24) is 10.3 Å². The lowest BCUT2D eigenvalue weighted by atomic mass is 10.1. The van der Waals surface area contributed by atoms with Crippen LogP contribution in [0.25, 0.3) is 0 Å². The third-order valence-corrected chi connectivity index (χ3v) is 3.60. The van der Waals surface area contributed by atoms with Crippen LogP contribution in [0.3, 0.4) is 0 Å². The van der Waals surface area contributed by atoms with Gasteiger partial charge in [0.2, 0.25) is 0 Å². The average Bonchev–Trinajstić information content (AvgIpc) is 2.44. The minimum absolute atomic E-state index is 0.568. The molecule has 0 aliphatic carbocycles. The van der Waals surface area contributed by atoms with Crippen molar-refractivity contribution in [1.29, 1.82) is 0 Å². The topological polar surface area (TPSA) is 57.2 Å². The second-order valence-corrected chi connectivity index (χ2v) is 6.18. The van der Waals surface area contributed by atoms with Crippen LogP contribution in [0.1, 0.15) is 51.3 Å². The molecule has 120 valence electrons. The Balaban J connectivity index is 2.21. The van der Waals surface area contributed by atoms with Gasteiger partial charge in [-0.15, -0.1) is 0 Å². The van der Waals surface area contributed by atoms with E-state index >= 15 is 0 Å². The molecule has 0 bridgehead atoms. The fraction of sp³-hybridized carbons (Fsp3) is 0.706. The molecule has 1 rings (SSSR count). The third-order valence-electron chi connectivity index (χ3n) is 3.60. The van der Waals surface area contributed by atoms with E-state index in [0.717, 1.165) is 56.7 Å². The molecule has 21 heavy (non-hydrogen) atoms. The Bertz CT molecular complexity index is 413. The summed E-state index contributed by atoms with van der Waals surface area (Å²) in [7, 11) is 1.93. The van der Waals surface area contributed by atoms with Crippen LogP contribution in [0.15, 0.2) is 12.1 Å². The summed E-state index contributed by atoms with van der Waals surface area (Å²) in [5.74, 6) is 1.01. The van der Waals surface area contributed by atoms with Crippen LogP contribution in [-0.4, -0.2) is 35.8 Å². The first kappa shape index (κ1) is 17.9. The molecule has 0 unspecified atom stereocenters. The Morgan fingerprint density at radius 2 is 1.95 bits per heavy atom. The van der Waals surface area contributed by atoms with Crippen LogP contribution in [0, 0.1) is 0 Å². The highest BCUT2D eigenvalue weighted by Crippen LogP contribution is 2.14. The Labute approximate surface area is 129 Å². The molecule has 0 saturated heterocycles. The zero-order valence-corrected chi connectivity index (χ0v) is 14.0. The van der Waals surface area contributed by atoms with E-state index in [9.17, 15) is 5.11 Å². The number of nitrogens with zero attached hydrogens (tertiary/aromatic N) is 1. The van der Waals surface area contributed by atoms with E-state index < -0.39 is 5.60 Å². The van der Waals surface area contributed by atoms with Crippen molar-refractivity contribution in [2.24, 2.45) is 0 Å². The molecule has 1 aromatic rings. The van der Waals surface area contributed by atoms with Gasteiger partial charge in [-0.2, -0.15) is 0 Å². The fourth-order valence-electron chi connectivity index (χ4n) is 2.24. The quantitative estimate of drug-likeness (QED) is 0.581. The average molecular weight is 293 g/mol. The molecular formula is C17H31N3O. The van der Waals surface area contributed by atoms with Crippen molar-refractivity contribution in [3.8, 4) is 0 Å². The van der Waals surface area contributed by atoms with Crippen LogP contribution in [0.4, 0.5) is 5.82 Å². The lowest BCUT2D eigenvalue weighted by molar-refractivity contribution is 0.0712. The van der Waals surface area contributed by atoms with Crippen molar-refractivity contribution in [3.05, 3.63) is 23.4 Å². The number of unbranched alkanes of at least 4 members (excludes halogenated alkanes) is 1. The molecule has 0 atom stereocenters. The van der Waals surface area contributed by atoms with Crippen LogP contribution in [0.2, 0.25) is 0 Å². The van der Waals surface area contributed by atoms with Gasteiger partial charge >= 0.3 is 0 Å². The molecule has 0 spiro atoms. The molecule has 0 radical (unpaired) electrons. The standard InChI is InChI=1S/C17H31N3O/c1-5-14-9-10-15(20-16(14)18-4)8-6-7-12-19-13-11-17(2,3)21/h9-10,19,21H,5-8,11-13H2,1-4H3,(H,18,20). The van der Waals surface area contributed by atoms with E-state index in [-0.39, 0.29) is 0 Å². The SMILES string of the molecule is CCc1ccc(CCCCNCCC(C)(C)O)nc1NC. The highest BCUT2D eigenvalue weighted by Gasteiger charge is 2.10. The van der Waals surface area contributed by atoms with Crippen LogP contribution >= 0.6 is 0 Å². The summed E-state index contributed by atoms with van der Waals surface area (Å²) in [4.78, 5) is 4.66. The largest absolute Gasteiger partial charge is 0.390 e. The normalized spacial score (nSPS) is 11.7. The summed E-state index contributed by atoms with van der Waals surface area (Å²) >= 11 is 0. The van der Waals surface area contributed by atoms with Gasteiger partial charge < -0.3 is 15.7 Å². The summed E-state index contributed by atoms with van der Waals surface area (Å²) < 4.78 is 0. The van der Waals surface area contributed by atoms with Crippen LogP contribution in [0.5, 0.6) is 0 Å². The monoisotopic (exact) mass is 293 g/mol. The summed E-state index contributed by atoms with van der Waals surface area (Å²) in [5, 5.41) is 16.2. The van der Waals surface area contributed by atoms with Gasteiger partial charge in [-0.05, 0) is 70.7 Å². The summed E-state index contributed by atoms with van der Waals surface area (Å²) in [6.45, 7) is 7.72. The van der Waals surface area contributed by atoms with E-state index in [4.69, 9.17) is 0 Å². The maximum Gasteiger partial charge on any atom is 0.129 e. The van der Waals surface area contributed by atoms with Gasteiger partial charge in [-0.25, -0.2) is 4.98 Å². The maximum absolute atomic E-state index is 9.61. The number of aryl methyl sites for hydroxylation is 2. The summed E-state index contributed by atoms with van der Waals surface area (Å²) in [6, 6.07) is 4.32. The second kappa shape index (κ2) is 9.00. The number of aromatic nitrogens is 1. The number of pyridine rings is 1. The maximum atomic E-state index is 9.61. The van der Waals surface area contributed by atoms with E-state index in [1.54, 1.807) is 0 Å². The van der Waals surface area contributed by atoms with Crippen molar-refractivity contribution in [3.63, 3.8) is 0 Å². The van der Waals surface area contributed by atoms with Crippen LogP contribution in [-0.2, 0) is 12.8 Å². The van der Waals surface area contributed by atoms with Crippen molar-refractivity contribution >= 4 is 5.82 Å². The van der Waals surface area contributed by atoms with Gasteiger partial charge in [-0.1, -0.05) is 13.0 Å². The smallest absolute Gasteiger partial charge is 0.129 e. The molecule has 3 N–H and O–H groups in total. The second-order valence-electron chi connectivity index (χ2n) is 6.18. The predicted octanol–water partition coefficient (Wildman–Crippen LogP) is 2.76. The molecule has 0 aliphatic heterocycles. The molecule has 0 aliphatic rings. The number of rotatable bonds is 10. The number of anilines is 1. The number of aliphatic hydroxyl groups is 1. The van der Waals surface area contributed by atoms with E-state index in [2.05, 4.69) is 34.7 Å². The van der Waals surface area contributed by atoms with Gasteiger partial charge in [0.1, 0.15) is 5.82 Å². The minimum Gasteiger partial charge on any atom is -0.390 e. The first-order valence-corrected chi connectivity index (χ1v) is 8.06. The predicted molar refractivity (Wildman–Crippen MR) is 89.9 cm³/mol. The Hall–Kier alpha value is -1.13. The zero-order valence-electron chi connectivity index (χ0n) is 14.0. The molecule has 1 aromatic heterocycles. The van der Waals surface area contributed by atoms with E-state index in [0.29, 0.717) is 0 Å². The van der Waals surface area contributed by atoms with Gasteiger partial charge in [0.05, 0.1) is 5.60 Å². The fourth-order valence-corrected chi connectivity index (χ4v) is 2.24. The summed E-state index contributed by atoms with van der Waals surface area (Å²) in [6.07, 6.45) is 5.09. The number of nitrogens with one attached hydrogen (secondary N) is 2. The number of hydrogen-bond acceptors (Lipinski definition) is 4. The molecular weight excluding hydrogens is 262 g/mol. The third kappa shape index (κ3) is 7.44. The summed E-state index contributed by atoms with van der Waals surface area (Å²) in [5.41, 5.74) is 1.86. The molecule has 0 fully saturated rings. The van der Waals surface area contributed by atoms with Gasteiger partial charge in [0, 0.05) is 12.7 Å². The van der Waals surface area contributed by atoms with E-state index in [1.165, 1.54) is 5.56 Å². The van der Waals surface area contributed by atoms with Gasteiger partial charge in [0.15, 0.2) is 0 Å². The Morgan fingerprint density at radius 1 is 1.19 bits per heavy atom. The minimum atomic E-state index is -0.568. The highest BCUT2D eigenvalue weighted by atomic mass is 16.3. The molecule has 0 aromatic carbocycles. The molecule has 4 heteroatoms. The Kier molecular flexibility index (Phi) is 7.68. The van der Waals surface area contributed by atoms with Crippen molar-refractivity contribution in [2.75, 3.05) is 25.5 Å². The van der Waals surface area contributed by atoms with Crippen molar-refractivity contribution in [2.45, 2.75) is 58.5 Å². The molecule has 0 saturated carbocycles. The lowest BCUT2D eigenvalue weighted by Gasteiger charge is -2.16. The number of hydrogen-bond donors (Lipinski definition) is 3. The van der Waals surface area contributed by atoms with Gasteiger partial charge in [-0.3, -0.25) is 0 Å². The first-order valence-electron chi connectivity index (χ1n) is 8.06. The first-order chi connectivity index (χ1) is 9.96. The van der Waals surface area contributed by atoms with Crippen LogP contribution < -0.4 is 10.6 Å². The highest BCUT2D eigenvalue weighted by molar-refractivity contribution is 5.44. The van der Waals surface area contributed by atoms with Gasteiger partial charge in [0.25, 0.3) is 0 Å².